The zero-order chi connectivity index (χ0) is 15.9. The van der Waals surface area contributed by atoms with Crippen molar-refractivity contribution in [2.24, 2.45) is 0 Å². The number of hydrogen-bond donors (Lipinski definition) is 1. The summed E-state index contributed by atoms with van der Waals surface area (Å²) in [7, 11) is 0. The number of aliphatic hydroxyl groups excluding tert-OH is 1. The molecule has 1 aliphatic rings. The van der Waals surface area contributed by atoms with E-state index in [-0.39, 0.29) is 6.61 Å². The molecule has 2 heterocycles. The van der Waals surface area contributed by atoms with Gasteiger partial charge >= 0.3 is 0 Å². The number of aliphatic hydroxyl groups is 1. The fourth-order valence-electron chi connectivity index (χ4n) is 3.33. The van der Waals surface area contributed by atoms with E-state index in [1.165, 1.54) is 10.4 Å². The van der Waals surface area contributed by atoms with Crippen LogP contribution in [-0.4, -0.2) is 53.7 Å². The number of hydrogen-bond acceptors (Lipinski definition) is 4. The molecule has 0 saturated carbocycles. The van der Waals surface area contributed by atoms with E-state index in [2.05, 4.69) is 57.6 Å². The van der Waals surface area contributed by atoms with Crippen LogP contribution in [0.1, 0.15) is 16.9 Å². The summed E-state index contributed by atoms with van der Waals surface area (Å²) in [4.78, 5) is 6.52. The van der Waals surface area contributed by atoms with Gasteiger partial charge in [0.1, 0.15) is 0 Å². The molecule has 1 unspecified atom stereocenters. The molecule has 0 radical (unpaired) electrons. The quantitative estimate of drug-likeness (QED) is 0.846. The van der Waals surface area contributed by atoms with Crippen molar-refractivity contribution in [3.8, 4) is 0 Å². The highest BCUT2D eigenvalue weighted by molar-refractivity contribution is 7.09. The van der Waals surface area contributed by atoms with Gasteiger partial charge in [-0.05, 0) is 29.9 Å². The second kappa shape index (κ2) is 8.60. The van der Waals surface area contributed by atoms with Crippen LogP contribution >= 0.6 is 11.3 Å². The van der Waals surface area contributed by atoms with Crippen molar-refractivity contribution in [1.29, 1.82) is 0 Å². The van der Waals surface area contributed by atoms with Crippen molar-refractivity contribution < 1.29 is 5.11 Å². The summed E-state index contributed by atoms with van der Waals surface area (Å²) < 4.78 is 0. The molecule has 124 valence electrons. The Balaban J connectivity index is 1.53. The standard InChI is InChI=1S/C19H26N2OS/c22-13-9-18-15-20(10-8-17-5-2-1-3-6-17)11-12-21(18)16-19-7-4-14-23-19/h1-7,14,18,22H,8-13,15-16H2. The molecule has 3 nitrogen and oxygen atoms in total. The smallest absolute Gasteiger partial charge is 0.0446 e. The van der Waals surface area contributed by atoms with Gasteiger partial charge in [0.2, 0.25) is 0 Å². The maximum absolute atomic E-state index is 9.41. The molecule has 1 saturated heterocycles. The van der Waals surface area contributed by atoms with E-state index in [9.17, 15) is 5.11 Å². The van der Waals surface area contributed by atoms with Crippen LogP contribution in [0.15, 0.2) is 47.8 Å². The predicted octanol–water partition coefficient (Wildman–Crippen LogP) is 2.86. The SMILES string of the molecule is OCCC1CN(CCc2ccccc2)CCN1Cc1cccs1. The highest BCUT2D eigenvalue weighted by Gasteiger charge is 2.26. The fraction of sp³-hybridized carbons (Fsp3) is 0.474. The average molecular weight is 330 g/mol. The molecule has 1 aromatic carbocycles. The zero-order valence-corrected chi connectivity index (χ0v) is 14.4. The van der Waals surface area contributed by atoms with Gasteiger partial charge in [-0.15, -0.1) is 11.3 Å². The van der Waals surface area contributed by atoms with E-state index < -0.39 is 0 Å². The maximum atomic E-state index is 9.41. The molecule has 2 aromatic rings. The van der Waals surface area contributed by atoms with Crippen molar-refractivity contribution in [1.82, 2.24) is 9.80 Å². The minimum atomic E-state index is 0.276. The second-order valence-electron chi connectivity index (χ2n) is 6.25. The number of benzene rings is 1. The van der Waals surface area contributed by atoms with Gasteiger partial charge in [-0.3, -0.25) is 4.90 Å². The Kier molecular flexibility index (Phi) is 6.22. The average Bonchev–Trinajstić information content (AvgIpc) is 3.09. The molecule has 1 fully saturated rings. The van der Waals surface area contributed by atoms with Crippen LogP contribution in [0.2, 0.25) is 0 Å². The van der Waals surface area contributed by atoms with Gasteiger partial charge in [0.05, 0.1) is 0 Å². The molecule has 1 aliphatic heterocycles. The van der Waals surface area contributed by atoms with Gasteiger partial charge < -0.3 is 10.0 Å². The van der Waals surface area contributed by atoms with Crippen LogP contribution in [0.4, 0.5) is 0 Å². The van der Waals surface area contributed by atoms with Crippen LogP contribution in [-0.2, 0) is 13.0 Å². The molecule has 4 heteroatoms. The zero-order valence-electron chi connectivity index (χ0n) is 13.6. The third-order valence-corrected chi connectivity index (χ3v) is 5.51. The Labute approximate surface area is 143 Å². The Morgan fingerprint density at radius 3 is 2.70 bits per heavy atom. The van der Waals surface area contributed by atoms with Crippen LogP contribution in [0.25, 0.3) is 0 Å². The molecule has 23 heavy (non-hydrogen) atoms. The lowest BCUT2D eigenvalue weighted by Gasteiger charge is -2.41. The predicted molar refractivity (Wildman–Crippen MR) is 96.8 cm³/mol. The molecule has 1 aromatic heterocycles. The molecule has 0 aliphatic carbocycles. The lowest BCUT2D eigenvalue weighted by Crippen LogP contribution is -2.53. The summed E-state index contributed by atoms with van der Waals surface area (Å²) >= 11 is 1.83. The number of rotatable bonds is 7. The van der Waals surface area contributed by atoms with Crippen molar-refractivity contribution in [2.75, 3.05) is 32.8 Å². The topological polar surface area (TPSA) is 26.7 Å². The van der Waals surface area contributed by atoms with Gasteiger partial charge in [-0.25, -0.2) is 0 Å². The lowest BCUT2D eigenvalue weighted by molar-refractivity contribution is 0.0550. The summed E-state index contributed by atoms with van der Waals surface area (Å²) in [6.07, 6.45) is 1.98. The molecule has 1 N–H and O–H groups in total. The first kappa shape index (κ1) is 16.7. The van der Waals surface area contributed by atoms with Crippen LogP contribution < -0.4 is 0 Å². The van der Waals surface area contributed by atoms with Crippen LogP contribution in [0, 0.1) is 0 Å². The highest BCUT2D eigenvalue weighted by atomic mass is 32.1. The van der Waals surface area contributed by atoms with Crippen molar-refractivity contribution in [2.45, 2.75) is 25.4 Å². The minimum Gasteiger partial charge on any atom is -0.396 e. The Morgan fingerprint density at radius 1 is 1.09 bits per heavy atom. The fourth-order valence-corrected chi connectivity index (χ4v) is 4.06. The normalized spacial score (nSPS) is 20.0. The van der Waals surface area contributed by atoms with E-state index in [1.54, 1.807) is 0 Å². The highest BCUT2D eigenvalue weighted by Crippen LogP contribution is 2.19. The third kappa shape index (κ3) is 4.88. The number of thiophene rings is 1. The van der Waals surface area contributed by atoms with E-state index in [1.807, 2.05) is 11.3 Å². The second-order valence-corrected chi connectivity index (χ2v) is 7.28. The summed E-state index contributed by atoms with van der Waals surface area (Å²) in [6.45, 7) is 5.70. The summed E-state index contributed by atoms with van der Waals surface area (Å²) in [5.41, 5.74) is 1.41. The summed E-state index contributed by atoms with van der Waals surface area (Å²) in [6, 6.07) is 15.5. The van der Waals surface area contributed by atoms with E-state index in [0.717, 1.165) is 45.6 Å². The number of nitrogens with zero attached hydrogens (tertiary/aromatic N) is 2. The molecule has 0 bridgehead atoms. The van der Waals surface area contributed by atoms with Gasteiger partial charge in [-0.2, -0.15) is 0 Å². The summed E-state index contributed by atoms with van der Waals surface area (Å²) in [5.74, 6) is 0. The minimum absolute atomic E-state index is 0.276. The van der Waals surface area contributed by atoms with Gasteiger partial charge in [-0.1, -0.05) is 36.4 Å². The molecule has 3 rings (SSSR count). The maximum Gasteiger partial charge on any atom is 0.0446 e. The molecule has 0 spiro atoms. The third-order valence-electron chi connectivity index (χ3n) is 4.65. The number of piperazine rings is 1. The van der Waals surface area contributed by atoms with Gasteiger partial charge in [0, 0.05) is 50.2 Å². The first-order valence-electron chi connectivity index (χ1n) is 8.49. The van der Waals surface area contributed by atoms with Gasteiger partial charge in [0.25, 0.3) is 0 Å². The Hall–Kier alpha value is -1.20. The van der Waals surface area contributed by atoms with Crippen molar-refractivity contribution >= 4 is 11.3 Å². The largest absolute Gasteiger partial charge is 0.396 e. The van der Waals surface area contributed by atoms with E-state index in [4.69, 9.17) is 0 Å². The van der Waals surface area contributed by atoms with Crippen molar-refractivity contribution in [3.05, 3.63) is 58.3 Å². The Bertz CT molecular complexity index is 558. The van der Waals surface area contributed by atoms with E-state index in [0.29, 0.717) is 6.04 Å². The first-order chi connectivity index (χ1) is 11.3. The lowest BCUT2D eigenvalue weighted by atomic mass is 10.1. The van der Waals surface area contributed by atoms with Gasteiger partial charge in [0.15, 0.2) is 0 Å². The Morgan fingerprint density at radius 2 is 1.96 bits per heavy atom. The summed E-state index contributed by atoms with van der Waals surface area (Å²) in [5, 5.41) is 11.6. The van der Waals surface area contributed by atoms with Crippen LogP contribution in [0.3, 0.4) is 0 Å². The molecular formula is C19H26N2OS. The first-order valence-corrected chi connectivity index (χ1v) is 9.36. The van der Waals surface area contributed by atoms with Crippen LogP contribution in [0.5, 0.6) is 0 Å². The monoisotopic (exact) mass is 330 g/mol. The van der Waals surface area contributed by atoms with E-state index >= 15 is 0 Å². The molecule has 0 amide bonds. The molecule has 1 atom stereocenters. The molecular weight excluding hydrogens is 304 g/mol. The van der Waals surface area contributed by atoms with Crippen molar-refractivity contribution in [3.63, 3.8) is 0 Å².